The van der Waals surface area contributed by atoms with Gasteiger partial charge in [-0.25, -0.2) is 9.78 Å². The summed E-state index contributed by atoms with van der Waals surface area (Å²) in [5, 5.41) is 73.1. The SMILES string of the molecule is CC(C)C[C@H](NC(=O)[C@H](CC(=O)O)NC(=O)[C@H](CC(C)C)NC(=O)[C@@H]1CCCN1C(=O)[C@@H](N)CO)C(=O)N[C@@H](Cc1ccc(O)cc1)C(=O)N[C@H](C(=O)N[C@@H](Cc1cnc[nH]1)C(=O)N[C@@H](CCCCN)C(=O)N[C@@H](CO)C(=O)N1CCC[C@H]1C(=O)N[C@@H](CCCCN)C(=O)O)C(C)C. The molecule has 12 atom stereocenters. The van der Waals surface area contributed by atoms with Crippen LogP contribution < -0.4 is 65.1 Å². The Labute approximate surface area is 569 Å². The molecular formula is C64H102N16O18. The van der Waals surface area contributed by atoms with Crippen molar-refractivity contribution in [3.63, 3.8) is 0 Å². The number of carboxylic acid groups (broad SMARTS) is 2. The van der Waals surface area contributed by atoms with Crippen LogP contribution in [0.1, 0.15) is 136 Å². The first-order valence-electron chi connectivity index (χ1n) is 33.3. The van der Waals surface area contributed by atoms with Gasteiger partial charge in [-0.2, -0.15) is 0 Å². The minimum Gasteiger partial charge on any atom is -0.508 e. The molecule has 1 aromatic heterocycles. The fraction of sp³-hybridized carbons (Fsp3) is 0.656. The number of H-pyrrole nitrogens is 1. The van der Waals surface area contributed by atoms with E-state index < -0.39 is 175 Å². The van der Waals surface area contributed by atoms with Crippen LogP contribution in [0.5, 0.6) is 5.75 Å². The average molecular weight is 1380 g/mol. The van der Waals surface area contributed by atoms with Gasteiger partial charge >= 0.3 is 11.9 Å². The Hall–Kier alpha value is -8.86. The molecule has 2 saturated heterocycles. The van der Waals surface area contributed by atoms with Gasteiger partial charge in [0.15, 0.2) is 0 Å². The number of nitrogens with two attached hydrogens (primary N) is 3. The average Bonchev–Trinajstić information content (AvgIpc) is 1.55. The molecule has 0 radical (unpaired) electrons. The quantitative estimate of drug-likeness (QED) is 0.0283. The second kappa shape index (κ2) is 40.8. The minimum absolute atomic E-state index is 0.000340. The number of aromatic hydroxyl groups is 1. The molecule has 1 aromatic carbocycles. The molecule has 0 spiro atoms. The number of carboxylic acids is 2. The Kier molecular flexibility index (Phi) is 33.9. The number of likely N-dealkylation sites (tertiary alicyclic amines) is 2. The predicted molar refractivity (Wildman–Crippen MR) is 353 cm³/mol. The first kappa shape index (κ1) is 81.6. The first-order valence-corrected chi connectivity index (χ1v) is 33.3. The lowest BCUT2D eigenvalue weighted by atomic mass is 9.98. The normalized spacial score (nSPS) is 17.6. The summed E-state index contributed by atoms with van der Waals surface area (Å²) in [4.78, 5) is 189. The van der Waals surface area contributed by atoms with Crippen molar-refractivity contribution in [3.8, 4) is 5.75 Å². The zero-order valence-corrected chi connectivity index (χ0v) is 56.6. The van der Waals surface area contributed by atoms with E-state index in [1.807, 2.05) is 0 Å². The summed E-state index contributed by atoms with van der Waals surface area (Å²) >= 11 is 0. The summed E-state index contributed by atoms with van der Waals surface area (Å²) in [5.41, 5.74) is 17.8. The van der Waals surface area contributed by atoms with Crippen molar-refractivity contribution in [2.24, 2.45) is 35.0 Å². The lowest BCUT2D eigenvalue weighted by Crippen LogP contribution is -2.62. The Morgan fingerprint density at radius 3 is 1.49 bits per heavy atom. The number of hydrogen-bond acceptors (Lipinski definition) is 20. The molecule has 2 aromatic rings. The molecule has 0 bridgehead atoms. The Balaban J connectivity index is 1.59. The second-order valence-corrected chi connectivity index (χ2v) is 26.0. The lowest BCUT2D eigenvalue weighted by Gasteiger charge is -2.30. The number of benzene rings is 1. The van der Waals surface area contributed by atoms with Gasteiger partial charge in [-0.15, -0.1) is 0 Å². The fourth-order valence-corrected chi connectivity index (χ4v) is 11.4. The molecule has 2 fully saturated rings. The van der Waals surface area contributed by atoms with E-state index in [2.05, 4.69) is 57.8 Å². The van der Waals surface area contributed by atoms with Crippen LogP contribution in [0.15, 0.2) is 36.8 Å². The highest BCUT2D eigenvalue weighted by molar-refractivity contribution is 6.00. The molecule has 34 nitrogen and oxygen atoms in total. The van der Waals surface area contributed by atoms with Crippen LogP contribution >= 0.6 is 0 Å². The highest BCUT2D eigenvalue weighted by atomic mass is 16.4. The number of imidazole rings is 1. The van der Waals surface area contributed by atoms with Crippen LogP contribution in [0.25, 0.3) is 0 Å². The van der Waals surface area contributed by atoms with E-state index in [1.54, 1.807) is 41.5 Å². The number of carbonyl (C=O) groups is 13. The van der Waals surface area contributed by atoms with Crippen LogP contribution in [0, 0.1) is 17.8 Å². The van der Waals surface area contributed by atoms with Crippen molar-refractivity contribution in [2.75, 3.05) is 39.4 Å². The monoisotopic (exact) mass is 1380 g/mol. The van der Waals surface area contributed by atoms with Crippen molar-refractivity contribution in [3.05, 3.63) is 48.0 Å². The first-order chi connectivity index (χ1) is 46.4. The number of hydrogen-bond donors (Lipinski definition) is 18. The van der Waals surface area contributed by atoms with Gasteiger partial charge in [0.2, 0.25) is 65.0 Å². The Morgan fingerprint density at radius 1 is 0.541 bits per heavy atom. The van der Waals surface area contributed by atoms with Crippen molar-refractivity contribution < 1.29 is 87.9 Å². The van der Waals surface area contributed by atoms with Crippen LogP contribution in [0.3, 0.4) is 0 Å². The molecule has 11 amide bonds. The zero-order valence-electron chi connectivity index (χ0n) is 56.6. The van der Waals surface area contributed by atoms with E-state index in [9.17, 15) is 87.9 Å². The number of phenolic OH excluding ortho intramolecular Hbond substituents is 1. The van der Waals surface area contributed by atoms with Crippen molar-refractivity contribution in [2.45, 2.75) is 210 Å². The Bertz CT molecular complexity index is 3010. The number of aliphatic carboxylic acids is 2. The van der Waals surface area contributed by atoms with Crippen molar-refractivity contribution >= 4 is 76.9 Å². The predicted octanol–water partition coefficient (Wildman–Crippen LogP) is -3.88. The van der Waals surface area contributed by atoms with Crippen LogP contribution in [0.4, 0.5) is 0 Å². The van der Waals surface area contributed by atoms with Crippen LogP contribution in [0.2, 0.25) is 0 Å². The number of rotatable bonds is 42. The van der Waals surface area contributed by atoms with Crippen LogP contribution in [-0.2, 0) is 75.2 Å². The van der Waals surface area contributed by atoms with Crippen LogP contribution in [-0.4, -0.2) is 234 Å². The molecule has 0 saturated carbocycles. The molecule has 0 unspecified atom stereocenters. The van der Waals surface area contributed by atoms with Gasteiger partial charge in [0.05, 0.1) is 26.0 Å². The van der Waals surface area contributed by atoms with Gasteiger partial charge in [-0.3, -0.25) is 57.5 Å². The molecule has 546 valence electrons. The van der Waals surface area contributed by atoms with Gasteiger partial charge in [0.25, 0.3) is 0 Å². The molecular weight excluding hydrogens is 1280 g/mol. The number of amides is 11. The van der Waals surface area contributed by atoms with E-state index in [-0.39, 0.29) is 95.0 Å². The third-order valence-corrected chi connectivity index (χ3v) is 16.7. The van der Waals surface area contributed by atoms with E-state index in [0.717, 1.165) is 4.90 Å². The molecule has 4 rings (SSSR count). The number of aliphatic hydroxyl groups excluding tert-OH is 2. The second-order valence-electron chi connectivity index (χ2n) is 26.0. The number of aromatic nitrogens is 2. The highest BCUT2D eigenvalue weighted by Crippen LogP contribution is 2.22. The third-order valence-electron chi connectivity index (χ3n) is 16.7. The number of unbranched alkanes of at least 4 members (excludes halogenated alkanes) is 2. The zero-order chi connectivity index (χ0) is 72.9. The highest BCUT2D eigenvalue weighted by Gasteiger charge is 2.42. The molecule has 0 aliphatic carbocycles. The van der Waals surface area contributed by atoms with Crippen molar-refractivity contribution in [1.82, 2.24) is 67.6 Å². The van der Waals surface area contributed by atoms with E-state index in [4.69, 9.17) is 17.2 Å². The van der Waals surface area contributed by atoms with Crippen molar-refractivity contribution in [1.29, 1.82) is 0 Å². The topological polar surface area (TPSA) is 545 Å². The third kappa shape index (κ3) is 25.9. The summed E-state index contributed by atoms with van der Waals surface area (Å²) in [7, 11) is 0. The molecule has 21 N–H and O–H groups in total. The number of aromatic amines is 1. The molecule has 34 heteroatoms. The molecule has 2 aliphatic heterocycles. The van der Waals surface area contributed by atoms with Gasteiger partial charge < -0.3 is 105 Å². The molecule has 3 heterocycles. The number of aliphatic hydroxyl groups is 2. The van der Waals surface area contributed by atoms with E-state index in [1.165, 1.54) is 41.7 Å². The number of nitrogens with zero attached hydrogens (tertiary/aromatic N) is 3. The Morgan fingerprint density at radius 2 is 0.990 bits per heavy atom. The lowest BCUT2D eigenvalue weighted by molar-refractivity contribution is -0.145. The maximum absolute atomic E-state index is 14.8. The minimum atomic E-state index is -1.84. The fourth-order valence-electron chi connectivity index (χ4n) is 11.4. The number of phenols is 1. The maximum atomic E-state index is 14.8. The number of carbonyl (C=O) groups excluding carboxylic acids is 11. The van der Waals surface area contributed by atoms with E-state index >= 15 is 0 Å². The van der Waals surface area contributed by atoms with Gasteiger partial charge in [0.1, 0.15) is 78.3 Å². The molecule has 98 heavy (non-hydrogen) atoms. The summed E-state index contributed by atoms with van der Waals surface area (Å²) in [6.07, 6.45) is 3.79. The van der Waals surface area contributed by atoms with Gasteiger partial charge in [0, 0.05) is 37.8 Å². The van der Waals surface area contributed by atoms with Gasteiger partial charge in [-0.1, -0.05) is 53.7 Å². The summed E-state index contributed by atoms with van der Waals surface area (Å²) < 4.78 is 0. The largest absolute Gasteiger partial charge is 0.508 e. The van der Waals surface area contributed by atoms with E-state index in [0.29, 0.717) is 49.9 Å². The summed E-state index contributed by atoms with van der Waals surface area (Å²) in [5.74, 6) is -14.0. The smallest absolute Gasteiger partial charge is 0.326 e. The maximum Gasteiger partial charge on any atom is 0.326 e. The summed E-state index contributed by atoms with van der Waals surface area (Å²) in [6, 6.07) is -11.5. The number of nitrogens with one attached hydrogen (secondary N) is 10. The van der Waals surface area contributed by atoms with Gasteiger partial charge in [-0.05, 0) is 126 Å². The molecule has 2 aliphatic rings. The standard InChI is InChI=1S/C64H102N16O18/c1-34(2)25-43(72-57(90)47(29-51(84)85)74-55(88)44(26-35(3)4)75-60(93)49-15-11-23-79(49)62(95)40(67)31-81)54(87)73-45(27-37-17-19-39(83)20-18-37)58(91)78-52(36(5)6)61(94)76-46(28-38-30-68-33-69-38)56(89)70-41(13-7-9-21-65)53(86)77-48(32-82)63(96)80-24-12-16-50(80)59(92)71-42(64(97)98)14-8-10-22-66/h17-20,30,33-36,40-50,52,81-83H,7-16,21-29,31-32,65-67H2,1-6H3,(H,68,69)(H,70,89)(H,71,92)(H,72,90)(H,73,87)(H,74,88)(H,75,93)(H,76,94)(H,77,86)(H,78,91)(H,84,85)(H,97,98)/t40-,41-,42-,43-,44-,45-,46-,47-,48-,49-,50-,52-/m0/s1. The summed E-state index contributed by atoms with van der Waals surface area (Å²) in [6.45, 7) is 9.16.